The molecule has 1 atom stereocenters. The molecule has 2 fully saturated rings. The Labute approximate surface area is 157 Å². The SMILES string of the molecule is CC(C)(C)OC(=O)N1CCC[C@H]1C(=O)NCC(=O)C1CCCCCCC1. The molecule has 0 aromatic carbocycles. The second-order valence-corrected chi connectivity index (χ2v) is 8.56. The highest BCUT2D eigenvalue weighted by atomic mass is 16.6. The number of carbonyl (C=O) groups is 3. The molecule has 0 bridgehead atoms. The number of rotatable bonds is 4. The minimum absolute atomic E-state index is 0.0705. The van der Waals surface area contributed by atoms with E-state index in [1.807, 2.05) is 20.8 Å². The van der Waals surface area contributed by atoms with E-state index in [-0.39, 0.29) is 24.2 Å². The number of Topliss-reactive ketones (excluding diaryl/α,β-unsaturated/α-hetero) is 1. The molecule has 0 aromatic rings. The molecule has 1 saturated carbocycles. The maximum atomic E-state index is 12.5. The first-order chi connectivity index (χ1) is 12.3. The van der Waals surface area contributed by atoms with Crippen LogP contribution in [0, 0.1) is 5.92 Å². The largest absolute Gasteiger partial charge is 0.444 e. The zero-order valence-electron chi connectivity index (χ0n) is 16.5. The van der Waals surface area contributed by atoms with E-state index in [0.717, 1.165) is 32.1 Å². The number of hydrogen-bond donors (Lipinski definition) is 1. The number of nitrogens with one attached hydrogen (secondary N) is 1. The molecule has 6 nitrogen and oxygen atoms in total. The third kappa shape index (κ3) is 6.29. The van der Waals surface area contributed by atoms with Crippen molar-refractivity contribution in [3.63, 3.8) is 0 Å². The van der Waals surface area contributed by atoms with Crippen molar-refractivity contribution in [1.82, 2.24) is 10.2 Å². The Balaban J connectivity index is 1.83. The summed E-state index contributed by atoms with van der Waals surface area (Å²) in [5.74, 6) is -0.0456. The van der Waals surface area contributed by atoms with Crippen LogP contribution < -0.4 is 5.32 Å². The van der Waals surface area contributed by atoms with Crippen LogP contribution in [-0.4, -0.2) is 47.4 Å². The highest BCUT2D eigenvalue weighted by molar-refractivity contribution is 5.91. The third-order valence-corrected chi connectivity index (χ3v) is 5.18. The van der Waals surface area contributed by atoms with E-state index in [0.29, 0.717) is 13.0 Å². The van der Waals surface area contributed by atoms with E-state index in [1.165, 1.54) is 24.2 Å². The van der Waals surface area contributed by atoms with Crippen molar-refractivity contribution in [2.45, 2.75) is 90.2 Å². The number of hydrogen-bond acceptors (Lipinski definition) is 4. The van der Waals surface area contributed by atoms with E-state index >= 15 is 0 Å². The maximum Gasteiger partial charge on any atom is 0.410 e. The van der Waals surface area contributed by atoms with Crippen molar-refractivity contribution >= 4 is 17.8 Å². The van der Waals surface area contributed by atoms with E-state index in [4.69, 9.17) is 4.74 Å². The van der Waals surface area contributed by atoms with Crippen LogP contribution >= 0.6 is 0 Å². The van der Waals surface area contributed by atoms with E-state index in [2.05, 4.69) is 5.32 Å². The summed E-state index contributed by atoms with van der Waals surface area (Å²) in [4.78, 5) is 38.8. The summed E-state index contributed by atoms with van der Waals surface area (Å²) in [6.45, 7) is 6.02. The summed E-state index contributed by atoms with van der Waals surface area (Å²) in [6, 6.07) is -0.532. The maximum absolute atomic E-state index is 12.5. The minimum atomic E-state index is -0.588. The third-order valence-electron chi connectivity index (χ3n) is 5.18. The molecule has 1 aliphatic carbocycles. The number of likely N-dealkylation sites (tertiary alicyclic amines) is 1. The van der Waals surface area contributed by atoms with Crippen molar-refractivity contribution in [1.29, 1.82) is 0 Å². The van der Waals surface area contributed by atoms with Crippen LogP contribution in [-0.2, 0) is 14.3 Å². The van der Waals surface area contributed by atoms with Crippen LogP contribution in [0.15, 0.2) is 0 Å². The van der Waals surface area contributed by atoms with Crippen LogP contribution in [0.4, 0.5) is 4.79 Å². The predicted octanol–water partition coefficient (Wildman–Crippen LogP) is 3.43. The van der Waals surface area contributed by atoms with Gasteiger partial charge in [-0.15, -0.1) is 0 Å². The van der Waals surface area contributed by atoms with Gasteiger partial charge in [-0.05, 0) is 46.5 Å². The van der Waals surface area contributed by atoms with Crippen molar-refractivity contribution in [2.75, 3.05) is 13.1 Å². The van der Waals surface area contributed by atoms with E-state index < -0.39 is 17.7 Å². The molecule has 26 heavy (non-hydrogen) atoms. The average Bonchev–Trinajstić information content (AvgIpc) is 3.00. The number of carbonyl (C=O) groups excluding carboxylic acids is 3. The molecule has 2 rings (SSSR count). The van der Waals surface area contributed by atoms with Gasteiger partial charge >= 0.3 is 6.09 Å². The van der Waals surface area contributed by atoms with Gasteiger partial charge in [0.1, 0.15) is 11.6 Å². The second kappa shape index (κ2) is 9.38. The van der Waals surface area contributed by atoms with Crippen molar-refractivity contribution in [2.24, 2.45) is 5.92 Å². The standard InChI is InChI=1S/C20H34N2O4/c1-20(2,3)26-19(25)22-13-9-12-16(22)18(24)21-14-17(23)15-10-7-5-4-6-8-11-15/h15-16H,4-14H2,1-3H3,(H,21,24)/t16-/m0/s1. The lowest BCUT2D eigenvalue weighted by Crippen LogP contribution is -2.48. The molecule has 1 N–H and O–H groups in total. The Morgan fingerprint density at radius 3 is 2.19 bits per heavy atom. The molecular weight excluding hydrogens is 332 g/mol. The van der Waals surface area contributed by atoms with Crippen LogP contribution in [0.3, 0.4) is 0 Å². The Kier molecular flexibility index (Phi) is 7.47. The van der Waals surface area contributed by atoms with Gasteiger partial charge in [0.15, 0.2) is 5.78 Å². The smallest absolute Gasteiger partial charge is 0.410 e. The molecule has 1 saturated heterocycles. The summed E-state index contributed by atoms with van der Waals surface area (Å²) in [5.41, 5.74) is -0.588. The highest BCUT2D eigenvalue weighted by Gasteiger charge is 2.36. The van der Waals surface area contributed by atoms with E-state index in [9.17, 15) is 14.4 Å². The van der Waals surface area contributed by atoms with Crippen LogP contribution in [0.25, 0.3) is 0 Å². The van der Waals surface area contributed by atoms with Gasteiger partial charge in [0.2, 0.25) is 5.91 Å². The average molecular weight is 367 g/mol. The highest BCUT2D eigenvalue weighted by Crippen LogP contribution is 2.23. The molecule has 0 radical (unpaired) electrons. The quantitative estimate of drug-likeness (QED) is 0.827. The number of ketones is 1. The molecule has 1 aliphatic heterocycles. The lowest BCUT2D eigenvalue weighted by Gasteiger charge is -2.28. The first-order valence-corrected chi connectivity index (χ1v) is 10.1. The molecule has 0 unspecified atom stereocenters. The predicted molar refractivity (Wildman–Crippen MR) is 99.8 cm³/mol. The van der Waals surface area contributed by atoms with Gasteiger partial charge in [-0.2, -0.15) is 0 Å². The molecule has 1 heterocycles. The van der Waals surface area contributed by atoms with Gasteiger partial charge in [-0.1, -0.05) is 32.1 Å². The first kappa shape index (κ1) is 20.7. The van der Waals surface area contributed by atoms with Gasteiger partial charge in [-0.25, -0.2) is 4.79 Å². The molecule has 148 valence electrons. The molecule has 2 amide bonds. The fourth-order valence-electron chi connectivity index (χ4n) is 3.79. The summed E-state index contributed by atoms with van der Waals surface area (Å²) in [7, 11) is 0. The van der Waals surface area contributed by atoms with Crippen molar-refractivity contribution < 1.29 is 19.1 Å². The van der Waals surface area contributed by atoms with Gasteiger partial charge < -0.3 is 10.1 Å². The van der Waals surface area contributed by atoms with Gasteiger partial charge in [0.25, 0.3) is 0 Å². The topological polar surface area (TPSA) is 75.7 Å². The number of amides is 2. The van der Waals surface area contributed by atoms with Crippen LogP contribution in [0.5, 0.6) is 0 Å². The Morgan fingerprint density at radius 2 is 1.58 bits per heavy atom. The van der Waals surface area contributed by atoms with Crippen LogP contribution in [0.1, 0.15) is 78.6 Å². The van der Waals surface area contributed by atoms with Gasteiger partial charge in [0, 0.05) is 12.5 Å². The summed E-state index contributed by atoms with van der Waals surface area (Å²) in [6.07, 6.45) is 8.65. The molecule has 2 aliphatic rings. The first-order valence-electron chi connectivity index (χ1n) is 10.1. The zero-order chi connectivity index (χ0) is 19.2. The Hall–Kier alpha value is -1.59. The molecular formula is C20H34N2O4. The number of ether oxygens (including phenoxy) is 1. The Bertz CT molecular complexity index is 504. The lowest BCUT2D eigenvalue weighted by atomic mass is 9.88. The van der Waals surface area contributed by atoms with Gasteiger partial charge in [-0.3, -0.25) is 14.5 Å². The van der Waals surface area contributed by atoms with Crippen molar-refractivity contribution in [3.05, 3.63) is 0 Å². The monoisotopic (exact) mass is 366 g/mol. The summed E-state index contributed by atoms with van der Waals surface area (Å²) in [5, 5.41) is 2.77. The number of nitrogens with zero attached hydrogens (tertiary/aromatic N) is 1. The van der Waals surface area contributed by atoms with Gasteiger partial charge in [0.05, 0.1) is 6.54 Å². The van der Waals surface area contributed by atoms with Crippen molar-refractivity contribution in [3.8, 4) is 0 Å². The minimum Gasteiger partial charge on any atom is -0.444 e. The van der Waals surface area contributed by atoms with Crippen LogP contribution in [0.2, 0.25) is 0 Å². The fourth-order valence-corrected chi connectivity index (χ4v) is 3.79. The summed E-state index contributed by atoms with van der Waals surface area (Å²) < 4.78 is 5.39. The molecule has 0 spiro atoms. The second-order valence-electron chi connectivity index (χ2n) is 8.56. The fraction of sp³-hybridized carbons (Fsp3) is 0.850. The summed E-state index contributed by atoms with van der Waals surface area (Å²) >= 11 is 0. The lowest BCUT2D eigenvalue weighted by molar-refractivity contribution is -0.129. The molecule has 6 heteroatoms. The Morgan fingerprint density at radius 1 is 0.962 bits per heavy atom. The van der Waals surface area contributed by atoms with E-state index in [1.54, 1.807) is 0 Å². The zero-order valence-corrected chi connectivity index (χ0v) is 16.5. The normalized spacial score (nSPS) is 22.4. The molecule has 0 aromatic heterocycles.